The number of rotatable bonds is 3. The van der Waals surface area contributed by atoms with Crippen LogP contribution in [0.25, 0.3) is 0 Å². The summed E-state index contributed by atoms with van der Waals surface area (Å²) in [5.74, 6) is 0.524. The molecule has 3 unspecified atom stereocenters. The van der Waals surface area contributed by atoms with Gasteiger partial charge in [0.15, 0.2) is 0 Å². The lowest BCUT2D eigenvalue weighted by Gasteiger charge is -2.18. The van der Waals surface area contributed by atoms with Crippen molar-refractivity contribution in [1.29, 1.82) is 0 Å². The van der Waals surface area contributed by atoms with Gasteiger partial charge in [-0.1, -0.05) is 0 Å². The molecule has 0 radical (unpaired) electrons. The number of nitrogens with two attached hydrogens (primary N) is 1. The normalized spacial score (nSPS) is 26.4. The van der Waals surface area contributed by atoms with Crippen molar-refractivity contribution < 1.29 is 14.3 Å². The molecule has 1 saturated carbocycles. The summed E-state index contributed by atoms with van der Waals surface area (Å²) in [5, 5.41) is 0. The summed E-state index contributed by atoms with van der Waals surface area (Å²) in [6.07, 6.45) is 2.16. The molecule has 1 aromatic rings. The second-order valence-corrected chi connectivity index (χ2v) is 6.72. The van der Waals surface area contributed by atoms with E-state index < -0.39 is 0 Å². The van der Waals surface area contributed by atoms with Gasteiger partial charge in [0.25, 0.3) is 5.91 Å². The highest BCUT2D eigenvalue weighted by atomic mass is 16.5. The highest BCUT2D eigenvalue weighted by Crippen LogP contribution is 2.37. The Labute approximate surface area is 136 Å². The number of esters is 1. The monoisotopic (exact) mass is 319 g/mol. The molecule has 0 aromatic carbocycles. The second-order valence-electron chi connectivity index (χ2n) is 6.72. The van der Waals surface area contributed by atoms with Crippen LogP contribution in [-0.4, -0.2) is 47.5 Å². The van der Waals surface area contributed by atoms with Gasteiger partial charge < -0.3 is 20.4 Å². The van der Waals surface area contributed by atoms with Crippen LogP contribution in [0.3, 0.4) is 0 Å². The van der Waals surface area contributed by atoms with Gasteiger partial charge in [0, 0.05) is 24.8 Å². The number of ether oxygens (including phenoxy) is 1. The van der Waals surface area contributed by atoms with E-state index in [2.05, 4.69) is 4.98 Å². The van der Waals surface area contributed by atoms with Crippen LogP contribution in [-0.2, 0) is 4.74 Å². The minimum Gasteiger partial charge on any atom is -0.462 e. The van der Waals surface area contributed by atoms with E-state index in [0.29, 0.717) is 41.0 Å². The fraction of sp³-hybridized carbons (Fsp3) is 0.647. The van der Waals surface area contributed by atoms with E-state index in [0.717, 1.165) is 25.9 Å². The predicted molar refractivity (Wildman–Crippen MR) is 86.3 cm³/mol. The van der Waals surface area contributed by atoms with Crippen molar-refractivity contribution in [2.24, 2.45) is 17.6 Å². The number of aryl methyl sites for hydroxylation is 1. The third-order valence-electron chi connectivity index (χ3n) is 5.33. The van der Waals surface area contributed by atoms with Gasteiger partial charge in [0.05, 0.1) is 12.2 Å². The maximum Gasteiger partial charge on any atom is 0.340 e. The molecule has 3 atom stereocenters. The Bertz CT molecular complexity index is 637. The largest absolute Gasteiger partial charge is 0.462 e. The third kappa shape index (κ3) is 2.65. The first-order chi connectivity index (χ1) is 10.9. The zero-order chi connectivity index (χ0) is 16.7. The molecule has 0 bridgehead atoms. The van der Waals surface area contributed by atoms with Crippen molar-refractivity contribution in [3.05, 3.63) is 22.5 Å². The average molecular weight is 319 g/mol. The van der Waals surface area contributed by atoms with Gasteiger partial charge in [0.2, 0.25) is 0 Å². The summed E-state index contributed by atoms with van der Waals surface area (Å²) < 4.78 is 5.08. The van der Waals surface area contributed by atoms with Crippen LogP contribution in [0.4, 0.5) is 0 Å². The van der Waals surface area contributed by atoms with Crippen LogP contribution in [0.15, 0.2) is 0 Å². The minimum absolute atomic E-state index is 0.0391. The Morgan fingerprint density at radius 2 is 2.04 bits per heavy atom. The first kappa shape index (κ1) is 16.1. The summed E-state index contributed by atoms with van der Waals surface area (Å²) >= 11 is 0. The molecule has 1 saturated heterocycles. The van der Waals surface area contributed by atoms with Gasteiger partial charge >= 0.3 is 5.97 Å². The number of hydrogen-bond donors (Lipinski definition) is 2. The molecule has 6 nitrogen and oxygen atoms in total. The van der Waals surface area contributed by atoms with Gasteiger partial charge in [-0.05, 0) is 51.0 Å². The van der Waals surface area contributed by atoms with Crippen molar-refractivity contribution >= 4 is 11.9 Å². The van der Waals surface area contributed by atoms with Crippen LogP contribution >= 0.6 is 0 Å². The van der Waals surface area contributed by atoms with E-state index >= 15 is 0 Å². The van der Waals surface area contributed by atoms with E-state index in [1.54, 1.807) is 20.8 Å². The Morgan fingerprint density at radius 3 is 2.70 bits per heavy atom. The average Bonchev–Trinajstić information content (AvgIpc) is 3.14. The van der Waals surface area contributed by atoms with Crippen molar-refractivity contribution in [2.75, 3.05) is 19.7 Å². The van der Waals surface area contributed by atoms with Crippen molar-refractivity contribution in [3.8, 4) is 0 Å². The fourth-order valence-electron chi connectivity index (χ4n) is 4.10. The van der Waals surface area contributed by atoms with E-state index in [1.807, 2.05) is 4.90 Å². The second kappa shape index (κ2) is 6.00. The van der Waals surface area contributed by atoms with E-state index in [9.17, 15) is 9.59 Å². The van der Waals surface area contributed by atoms with Gasteiger partial charge in [-0.2, -0.15) is 0 Å². The fourth-order valence-corrected chi connectivity index (χ4v) is 4.10. The number of aromatic amines is 1. The predicted octanol–water partition coefficient (Wildman–Crippen LogP) is 1.62. The number of nitrogens with zero attached hydrogens (tertiary/aromatic N) is 1. The lowest BCUT2D eigenvalue weighted by molar-refractivity contribution is 0.0525. The van der Waals surface area contributed by atoms with Crippen LogP contribution in [0, 0.1) is 25.7 Å². The van der Waals surface area contributed by atoms with Crippen LogP contribution in [0.1, 0.15) is 51.9 Å². The molecule has 2 heterocycles. The Balaban J connectivity index is 1.81. The summed E-state index contributed by atoms with van der Waals surface area (Å²) in [5.41, 5.74) is 8.48. The quantitative estimate of drug-likeness (QED) is 0.829. The molecule has 0 spiro atoms. The number of aromatic nitrogens is 1. The highest BCUT2D eigenvalue weighted by Gasteiger charge is 2.43. The molecule has 1 aliphatic carbocycles. The maximum absolute atomic E-state index is 12.9. The summed E-state index contributed by atoms with van der Waals surface area (Å²) in [4.78, 5) is 29.9. The van der Waals surface area contributed by atoms with Crippen LogP contribution < -0.4 is 5.73 Å². The number of carbonyl (C=O) groups is 2. The minimum atomic E-state index is -0.377. The number of carbonyl (C=O) groups excluding carboxylic acids is 2. The molecule has 1 aliphatic heterocycles. The molecular formula is C17H25N3O3. The van der Waals surface area contributed by atoms with Gasteiger partial charge in [-0.15, -0.1) is 0 Å². The molecule has 3 N–H and O–H groups in total. The van der Waals surface area contributed by atoms with Crippen molar-refractivity contribution in [1.82, 2.24) is 9.88 Å². The van der Waals surface area contributed by atoms with Crippen molar-refractivity contribution in [2.45, 2.75) is 39.7 Å². The third-order valence-corrected chi connectivity index (χ3v) is 5.33. The smallest absolute Gasteiger partial charge is 0.340 e. The summed E-state index contributed by atoms with van der Waals surface area (Å²) in [6, 6.07) is 0.208. The topological polar surface area (TPSA) is 88.4 Å². The van der Waals surface area contributed by atoms with Crippen LogP contribution in [0.2, 0.25) is 0 Å². The number of H-pyrrole nitrogens is 1. The van der Waals surface area contributed by atoms with E-state index in [4.69, 9.17) is 10.5 Å². The molecule has 3 rings (SSSR count). The van der Waals surface area contributed by atoms with Gasteiger partial charge in [-0.25, -0.2) is 4.79 Å². The standard InChI is InChI=1S/C17H25N3O3/c1-4-23-17(22)14-9(2)15(19-10(14)3)16(21)20-7-11-5-6-13(18)12(11)8-20/h11-13,19H,4-8,18H2,1-3H3. The van der Waals surface area contributed by atoms with Crippen molar-refractivity contribution in [3.63, 3.8) is 0 Å². The SMILES string of the molecule is CCOC(=O)c1c(C)[nH]c(C(=O)N2CC3CCC(N)C3C2)c1C. The molecule has 2 aliphatic rings. The van der Waals surface area contributed by atoms with Gasteiger partial charge in [0.1, 0.15) is 5.69 Å². The molecule has 1 amide bonds. The summed E-state index contributed by atoms with van der Waals surface area (Å²) in [6.45, 7) is 7.17. The Hall–Kier alpha value is -1.82. The lowest BCUT2D eigenvalue weighted by atomic mass is 9.98. The zero-order valence-electron chi connectivity index (χ0n) is 14.0. The number of amides is 1. The lowest BCUT2D eigenvalue weighted by Crippen LogP contribution is -2.34. The number of nitrogens with one attached hydrogen (secondary N) is 1. The number of fused-ring (bicyclic) bond motifs is 1. The molecule has 1 aromatic heterocycles. The molecule has 23 heavy (non-hydrogen) atoms. The summed E-state index contributed by atoms with van der Waals surface area (Å²) in [7, 11) is 0. The maximum atomic E-state index is 12.9. The zero-order valence-corrected chi connectivity index (χ0v) is 14.0. The number of likely N-dealkylation sites (tertiary alicyclic amines) is 1. The Kier molecular flexibility index (Phi) is 4.19. The van der Waals surface area contributed by atoms with E-state index in [-0.39, 0.29) is 17.9 Å². The van der Waals surface area contributed by atoms with E-state index in [1.165, 1.54) is 0 Å². The molecule has 2 fully saturated rings. The highest BCUT2D eigenvalue weighted by molar-refractivity contribution is 6.00. The molecular weight excluding hydrogens is 294 g/mol. The molecule has 126 valence electrons. The number of hydrogen-bond acceptors (Lipinski definition) is 4. The van der Waals surface area contributed by atoms with Crippen LogP contribution in [0.5, 0.6) is 0 Å². The van der Waals surface area contributed by atoms with Gasteiger partial charge in [-0.3, -0.25) is 4.79 Å². The first-order valence-corrected chi connectivity index (χ1v) is 8.35. The molecule has 6 heteroatoms. The first-order valence-electron chi connectivity index (χ1n) is 8.35. The Morgan fingerprint density at radius 1 is 1.30 bits per heavy atom.